The lowest BCUT2D eigenvalue weighted by molar-refractivity contribution is -0.343. The van der Waals surface area contributed by atoms with Crippen molar-refractivity contribution in [2.75, 3.05) is 0 Å². The van der Waals surface area contributed by atoms with E-state index in [-0.39, 0.29) is 12.8 Å². The number of carboxylic acid groups (broad SMARTS) is 2. The second kappa shape index (κ2) is 4.09. The molecule has 0 amide bonds. The average Bonchev–Trinajstić information content (AvgIpc) is 1.98. The van der Waals surface area contributed by atoms with Crippen molar-refractivity contribution in [2.24, 2.45) is 5.41 Å². The van der Waals surface area contributed by atoms with Gasteiger partial charge in [-0.3, -0.25) is 0 Å². The summed E-state index contributed by atoms with van der Waals surface area (Å²) >= 11 is 0. The summed E-state index contributed by atoms with van der Waals surface area (Å²) in [4.78, 5) is 21.1. The average molecular weight is 172 g/mol. The zero-order valence-corrected chi connectivity index (χ0v) is 7.25. The van der Waals surface area contributed by atoms with Gasteiger partial charge in [-0.15, -0.1) is 0 Å². The minimum atomic E-state index is -1.80. The highest BCUT2D eigenvalue weighted by atomic mass is 16.4. The molecule has 0 N–H and O–H groups in total. The van der Waals surface area contributed by atoms with Gasteiger partial charge in [-0.1, -0.05) is 20.3 Å². The molecular formula is C8H12O4-2. The lowest BCUT2D eigenvalue weighted by Gasteiger charge is -2.34. The number of hydrogen-bond acceptors (Lipinski definition) is 4. The Hall–Kier alpha value is -1.06. The SMILES string of the molecule is CCCC(CC)(C(=O)[O-])C(=O)[O-]. The zero-order valence-electron chi connectivity index (χ0n) is 7.25. The van der Waals surface area contributed by atoms with Gasteiger partial charge in [-0.2, -0.15) is 0 Å². The van der Waals surface area contributed by atoms with Crippen LogP contribution in [-0.2, 0) is 9.59 Å². The second-order valence-corrected chi connectivity index (χ2v) is 2.76. The van der Waals surface area contributed by atoms with Crippen molar-refractivity contribution >= 4 is 11.9 Å². The Bertz CT molecular complexity index is 171. The molecule has 4 nitrogen and oxygen atoms in total. The maximum Gasteiger partial charge on any atom is 0.0532 e. The van der Waals surface area contributed by atoms with Gasteiger partial charge in [0.15, 0.2) is 0 Å². The number of carbonyl (C=O) groups is 2. The summed E-state index contributed by atoms with van der Waals surface area (Å²) in [6.07, 6.45) is 0.551. The largest absolute Gasteiger partial charge is 0.549 e. The first kappa shape index (κ1) is 10.9. The molecule has 4 heteroatoms. The number of carboxylic acids is 2. The normalized spacial score (nSPS) is 11.2. The molecule has 0 rings (SSSR count). The van der Waals surface area contributed by atoms with E-state index in [0.29, 0.717) is 6.42 Å². The van der Waals surface area contributed by atoms with E-state index in [0.717, 1.165) is 0 Å². The highest BCUT2D eigenvalue weighted by Gasteiger charge is 2.30. The Labute approximate surface area is 71.2 Å². The molecule has 0 saturated heterocycles. The van der Waals surface area contributed by atoms with Crippen LogP contribution >= 0.6 is 0 Å². The van der Waals surface area contributed by atoms with Gasteiger partial charge in [0.1, 0.15) is 0 Å². The Morgan fingerprint density at radius 1 is 1.17 bits per heavy atom. The topological polar surface area (TPSA) is 80.3 Å². The number of carbonyl (C=O) groups excluding carboxylic acids is 2. The molecular weight excluding hydrogens is 160 g/mol. The molecule has 0 aliphatic heterocycles. The molecule has 0 saturated carbocycles. The number of hydrogen-bond donors (Lipinski definition) is 0. The molecule has 0 aromatic carbocycles. The molecule has 0 unspecified atom stereocenters. The summed E-state index contributed by atoms with van der Waals surface area (Å²) < 4.78 is 0. The quantitative estimate of drug-likeness (QED) is 0.482. The maximum absolute atomic E-state index is 10.6. The minimum absolute atomic E-state index is 0.00546. The molecule has 0 radical (unpaired) electrons. The molecule has 0 aliphatic carbocycles. The van der Waals surface area contributed by atoms with Crippen LogP contribution in [0.3, 0.4) is 0 Å². The Morgan fingerprint density at radius 2 is 1.58 bits per heavy atom. The van der Waals surface area contributed by atoms with Gasteiger partial charge in [0.25, 0.3) is 0 Å². The summed E-state index contributed by atoms with van der Waals surface area (Å²) in [5.74, 6) is -3.10. The van der Waals surface area contributed by atoms with Crippen LogP contribution in [0.25, 0.3) is 0 Å². The van der Waals surface area contributed by atoms with Crippen molar-refractivity contribution in [2.45, 2.75) is 33.1 Å². The van der Waals surface area contributed by atoms with E-state index in [9.17, 15) is 19.8 Å². The second-order valence-electron chi connectivity index (χ2n) is 2.76. The van der Waals surface area contributed by atoms with E-state index < -0.39 is 17.4 Å². The highest BCUT2D eigenvalue weighted by Crippen LogP contribution is 2.26. The zero-order chi connectivity index (χ0) is 9.78. The summed E-state index contributed by atoms with van der Waals surface area (Å²) in [7, 11) is 0. The van der Waals surface area contributed by atoms with E-state index in [1.165, 1.54) is 6.92 Å². The van der Waals surface area contributed by atoms with Gasteiger partial charge in [0, 0.05) is 5.41 Å². The van der Waals surface area contributed by atoms with Crippen LogP contribution in [0.5, 0.6) is 0 Å². The fraction of sp³-hybridized carbons (Fsp3) is 0.750. The third-order valence-electron chi connectivity index (χ3n) is 2.06. The van der Waals surface area contributed by atoms with Crippen LogP contribution in [0.4, 0.5) is 0 Å². The van der Waals surface area contributed by atoms with Crippen LogP contribution in [0.1, 0.15) is 33.1 Å². The van der Waals surface area contributed by atoms with Crippen molar-refractivity contribution in [1.82, 2.24) is 0 Å². The van der Waals surface area contributed by atoms with Crippen molar-refractivity contribution in [3.8, 4) is 0 Å². The standard InChI is InChI=1S/C8H14O4/c1-3-5-8(4-2,6(9)10)7(11)12/h3-5H2,1-2H3,(H,9,10)(H,11,12)/p-2. The first-order valence-corrected chi connectivity index (χ1v) is 3.94. The molecule has 12 heavy (non-hydrogen) atoms. The Morgan fingerprint density at radius 3 is 1.67 bits per heavy atom. The van der Waals surface area contributed by atoms with Crippen LogP contribution in [-0.4, -0.2) is 11.9 Å². The van der Waals surface area contributed by atoms with Crippen LogP contribution in [0, 0.1) is 5.41 Å². The summed E-state index contributed by atoms with van der Waals surface area (Å²) in [5, 5.41) is 21.1. The summed E-state index contributed by atoms with van der Waals surface area (Å²) in [6, 6.07) is 0. The van der Waals surface area contributed by atoms with E-state index in [1.54, 1.807) is 6.92 Å². The molecule has 70 valence electrons. The number of aliphatic carboxylic acids is 2. The smallest absolute Gasteiger partial charge is 0.0532 e. The molecule has 0 aromatic rings. The van der Waals surface area contributed by atoms with Crippen LogP contribution < -0.4 is 10.2 Å². The van der Waals surface area contributed by atoms with E-state index in [2.05, 4.69) is 0 Å². The van der Waals surface area contributed by atoms with Gasteiger partial charge in [-0.25, -0.2) is 0 Å². The van der Waals surface area contributed by atoms with Crippen LogP contribution in [0.15, 0.2) is 0 Å². The summed E-state index contributed by atoms with van der Waals surface area (Å²) in [6.45, 7) is 3.22. The lowest BCUT2D eigenvalue weighted by atomic mass is 9.81. The monoisotopic (exact) mass is 172 g/mol. The molecule has 0 aromatic heterocycles. The van der Waals surface area contributed by atoms with Gasteiger partial charge in [0.2, 0.25) is 0 Å². The minimum Gasteiger partial charge on any atom is -0.549 e. The molecule has 0 bridgehead atoms. The molecule has 0 atom stereocenters. The van der Waals surface area contributed by atoms with Crippen LogP contribution in [0.2, 0.25) is 0 Å². The molecule has 0 aliphatic rings. The molecule has 0 spiro atoms. The third kappa shape index (κ3) is 1.75. The predicted molar refractivity (Wildman–Crippen MR) is 37.6 cm³/mol. The Balaban J connectivity index is 4.76. The first-order chi connectivity index (χ1) is 5.51. The summed E-state index contributed by atoms with van der Waals surface area (Å²) in [5.41, 5.74) is -1.80. The van der Waals surface area contributed by atoms with Gasteiger partial charge in [-0.05, 0) is 12.8 Å². The fourth-order valence-corrected chi connectivity index (χ4v) is 1.18. The number of rotatable bonds is 5. The van der Waals surface area contributed by atoms with Crippen molar-refractivity contribution in [1.29, 1.82) is 0 Å². The Kier molecular flexibility index (Phi) is 3.73. The van der Waals surface area contributed by atoms with Gasteiger partial charge >= 0.3 is 0 Å². The molecule has 0 fully saturated rings. The fourth-order valence-electron chi connectivity index (χ4n) is 1.18. The maximum atomic E-state index is 10.6. The molecule has 0 heterocycles. The van der Waals surface area contributed by atoms with Gasteiger partial charge < -0.3 is 19.8 Å². The van der Waals surface area contributed by atoms with Gasteiger partial charge in [0.05, 0.1) is 11.9 Å². The lowest BCUT2D eigenvalue weighted by Crippen LogP contribution is -2.53. The van der Waals surface area contributed by atoms with E-state index >= 15 is 0 Å². The van der Waals surface area contributed by atoms with E-state index in [4.69, 9.17) is 0 Å². The first-order valence-electron chi connectivity index (χ1n) is 3.94. The van der Waals surface area contributed by atoms with E-state index in [1.807, 2.05) is 0 Å². The third-order valence-corrected chi connectivity index (χ3v) is 2.06. The predicted octanol–water partition coefficient (Wildman–Crippen LogP) is -1.32. The van der Waals surface area contributed by atoms with Crippen molar-refractivity contribution in [3.63, 3.8) is 0 Å². The van der Waals surface area contributed by atoms with Crippen molar-refractivity contribution < 1.29 is 19.8 Å². The van der Waals surface area contributed by atoms with Crippen molar-refractivity contribution in [3.05, 3.63) is 0 Å². The highest BCUT2D eigenvalue weighted by molar-refractivity contribution is 5.96.